The molecule has 0 bridgehead atoms. The van der Waals surface area contributed by atoms with Crippen LogP contribution < -0.4 is 5.73 Å². The minimum atomic E-state index is 0.0895. The van der Waals surface area contributed by atoms with Crippen LogP contribution in [0.4, 0.5) is 0 Å². The van der Waals surface area contributed by atoms with Gasteiger partial charge in [0.25, 0.3) is 0 Å². The Labute approximate surface area is 68.5 Å². The summed E-state index contributed by atoms with van der Waals surface area (Å²) in [4.78, 5) is 4.17. The Morgan fingerprint density at radius 1 is 1.36 bits per heavy atom. The van der Waals surface area contributed by atoms with E-state index in [1.807, 2.05) is 20.8 Å². The van der Waals surface area contributed by atoms with Crippen molar-refractivity contribution in [2.24, 2.45) is 10.7 Å². The van der Waals surface area contributed by atoms with Gasteiger partial charge in [-0.25, -0.2) is 0 Å². The fourth-order valence-electron chi connectivity index (χ4n) is 0.429. The molecule has 0 aromatic carbocycles. The van der Waals surface area contributed by atoms with Gasteiger partial charge in [0.2, 0.25) is 0 Å². The van der Waals surface area contributed by atoms with Gasteiger partial charge in [-0.05, 0) is 26.3 Å². The van der Waals surface area contributed by atoms with E-state index in [4.69, 9.17) is 5.73 Å². The summed E-state index contributed by atoms with van der Waals surface area (Å²) in [5.41, 5.74) is 7.38. The summed E-state index contributed by atoms with van der Waals surface area (Å²) in [7, 11) is 0. The molecule has 0 heterocycles. The van der Waals surface area contributed by atoms with E-state index in [2.05, 4.69) is 18.2 Å². The second kappa shape index (κ2) is 3.96. The maximum Gasteiger partial charge on any atom is 0.121 e. The number of rotatable bonds is 3. The van der Waals surface area contributed by atoms with Crippen LogP contribution in [-0.4, -0.2) is 11.9 Å². The highest BCUT2D eigenvalue weighted by Gasteiger charge is 2.00. The number of nitrogens with two attached hydrogens (primary N) is 1. The van der Waals surface area contributed by atoms with Crippen LogP contribution in [0.1, 0.15) is 20.8 Å². The first-order valence-corrected chi connectivity index (χ1v) is 3.59. The van der Waals surface area contributed by atoms with E-state index in [1.165, 1.54) is 0 Å². The van der Waals surface area contributed by atoms with E-state index in [0.29, 0.717) is 5.84 Å². The molecule has 62 valence electrons. The number of hydrogen-bond acceptors (Lipinski definition) is 1. The molecule has 2 heteroatoms. The van der Waals surface area contributed by atoms with Gasteiger partial charge in [0.05, 0.1) is 6.04 Å². The molecule has 0 aromatic heterocycles. The van der Waals surface area contributed by atoms with E-state index in [9.17, 15) is 0 Å². The molecule has 0 aliphatic heterocycles. The lowest BCUT2D eigenvalue weighted by atomic mass is 10.2. The van der Waals surface area contributed by atoms with E-state index in [1.54, 1.807) is 0 Å². The molecule has 1 atom stereocenters. The molecule has 11 heavy (non-hydrogen) atoms. The lowest BCUT2D eigenvalue weighted by Crippen LogP contribution is -2.16. The van der Waals surface area contributed by atoms with Crippen LogP contribution in [-0.2, 0) is 0 Å². The van der Waals surface area contributed by atoms with Gasteiger partial charge in [0.1, 0.15) is 5.84 Å². The van der Waals surface area contributed by atoms with Crippen molar-refractivity contribution in [1.29, 1.82) is 0 Å². The van der Waals surface area contributed by atoms with Gasteiger partial charge in [-0.3, -0.25) is 4.99 Å². The van der Waals surface area contributed by atoms with Crippen LogP contribution in [0.2, 0.25) is 0 Å². The maximum atomic E-state index is 5.56. The zero-order chi connectivity index (χ0) is 9.02. The molecule has 0 saturated carbocycles. The minimum Gasteiger partial charge on any atom is -0.384 e. The van der Waals surface area contributed by atoms with Gasteiger partial charge < -0.3 is 5.73 Å². The van der Waals surface area contributed by atoms with Crippen molar-refractivity contribution < 1.29 is 0 Å². The molecule has 1 unspecified atom stereocenters. The van der Waals surface area contributed by atoms with Crippen molar-refractivity contribution in [3.05, 3.63) is 24.3 Å². The predicted molar refractivity (Wildman–Crippen MR) is 50.7 cm³/mol. The smallest absolute Gasteiger partial charge is 0.121 e. The van der Waals surface area contributed by atoms with Gasteiger partial charge in [-0.1, -0.05) is 18.7 Å². The zero-order valence-electron chi connectivity index (χ0n) is 7.52. The number of hydrogen-bond donors (Lipinski definition) is 1. The van der Waals surface area contributed by atoms with E-state index >= 15 is 0 Å². The Kier molecular flexibility index (Phi) is 3.58. The molecule has 0 saturated heterocycles. The molecule has 0 aromatic rings. The second-order valence-corrected chi connectivity index (χ2v) is 2.82. The van der Waals surface area contributed by atoms with E-state index in [-0.39, 0.29) is 6.04 Å². The largest absolute Gasteiger partial charge is 0.384 e. The molecule has 0 amide bonds. The minimum absolute atomic E-state index is 0.0895. The van der Waals surface area contributed by atoms with Crippen molar-refractivity contribution in [2.75, 3.05) is 0 Å². The third-order valence-electron chi connectivity index (χ3n) is 1.48. The first-order chi connectivity index (χ1) is 4.95. The first-order valence-electron chi connectivity index (χ1n) is 3.59. The molecule has 0 radical (unpaired) electrons. The normalized spacial score (nSPS) is 14.3. The standard InChI is InChI=1S/C9H16N2/c1-6(2)8(5)11-9(10)7(3)4/h8H,1,3H2,2,4-5H3,(H2,10,11). The van der Waals surface area contributed by atoms with Crippen LogP contribution >= 0.6 is 0 Å². The molecule has 2 nitrogen and oxygen atoms in total. The third kappa shape index (κ3) is 3.61. The molecule has 2 N–H and O–H groups in total. The van der Waals surface area contributed by atoms with Gasteiger partial charge in [0.15, 0.2) is 0 Å². The molecule has 0 fully saturated rings. The monoisotopic (exact) mass is 152 g/mol. The fourth-order valence-corrected chi connectivity index (χ4v) is 0.429. The van der Waals surface area contributed by atoms with Crippen LogP contribution in [0.15, 0.2) is 29.3 Å². The summed E-state index contributed by atoms with van der Waals surface area (Å²) in [5.74, 6) is 0.514. The SMILES string of the molecule is C=C(C)C(N)=NC(C)C(=C)C. The molecule has 0 spiro atoms. The Balaban J connectivity index is 4.31. The highest BCUT2D eigenvalue weighted by Crippen LogP contribution is 2.02. The van der Waals surface area contributed by atoms with Gasteiger partial charge in [-0.2, -0.15) is 0 Å². The molecular formula is C9H16N2. The lowest BCUT2D eigenvalue weighted by Gasteiger charge is -2.06. The number of aliphatic imine (C=N–C) groups is 1. The van der Waals surface area contributed by atoms with E-state index in [0.717, 1.165) is 11.1 Å². The molecular weight excluding hydrogens is 136 g/mol. The summed E-state index contributed by atoms with van der Waals surface area (Å²) in [5, 5.41) is 0. The average Bonchev–Trinajstić information content (AvgIpc) is 1.87. The summed E-state index contributed by atoms with van der Waals surface area (Å²) < 4.78 is 0. The highest BCUT2D eigenvalue weighted by atomic mass is 14.9. The van der Waals surface area contributed by atoms with Gasteiger partial charge in [0, 0.05) is 0 Å². The summed E-state index contributed by atoms with van der Waals surface area (Å²) >= 11 is 0. The number of nitrogens with zero attached hydrogens (tertiary/aromatic N) is 1. The Morgan fingerprint density at radius 2 is 1.82 bits per heavy atom. The Morgan fingerprint density at radius 3 is 2.09 bits per heavy atom. The van der Waals surface area contributed by atoms with Crippen LogP contribution in [0.3, 0.4) is 0 Å². The number of amidine groups is 1. The van der Waals surface area contributed by atoms with Crippen LogP contribution in [0, 0.1) is 0 Å². The quantitative estimate of drug-likeness (QED) is 0.374. The summed E-state index contributed by atoms with van der Waals surface area (Å²) in [6, 6.07) is 0.0895. The van der Waals surface area contributed by atoms with Crippen molar-refractivity contribution in [3.8, 4) is 0 Å². The molecule has 0 rings (SSSR count). The topological polar surface area (TPSA) is 38.4 Å². The van der Waals surface area contributed by atoms with Crippen molar-refractivity contribution >= 4 is 5.84 Å². The Hall–Kier alpha value is -1.05. The highest BCUT2D eigenvalue weighted by molar-refractivity contribution is 5.95. The zero-order valence-corrected chi connectivity index (χ0v) is 7.52. The van der Waals surface area contributed by atoms with Crippen molar-refractivity contribution in [3.63, 3.8) is 0 Å². The van der Waals surface area contributed by atoms with Gasteiger partial charge >= 0.3 is 0 Å². The van der Waals surface area contributed by atoms with Crippen LogP contribution in [0.25, 0.3) is 0 Å². The summed E-state index contributed by atoms with van der Waals surface area (Å²) in [6.07, 6.45) is 0. The first kappa shape index (κ1) is 9.95. The van der Waals surface area contributed by atoms with Crippen molar-refractivity contribution in [2.45, 2.75) is 26.8 Å². The van der Waals surface area contributed by atoms with Gasteiger partial charge in [-0.15, -0.1) is 0 Å². The predicted octanol–water partition coefficient (Wildman–Crippen LogP) is 1.88. The summed E-state index contributed by atoms with van der Waals surface area (Å²) in [6.45, 7) is 13.2. The van der Waals surface area contributed by atoms with Crippen molar-refractivity contribution in [1.82, 2.24) is 0 Å². The fraction of sp³-hybridized carbons (Fsp3) is 0.444. The molecule has 0 aliphatic carbocycles. The Bertz CT molecular complexity index is 202. The van der Waals surface area contributed by atoms with E-state index < -0.39 is 0 Å². The second-order valence-electron chi connectivity index (χ2n) is 2.82. The third-order valence-corrected chi connectivity index (χ3v) is 1.48. The maximum absolute atomic E-state index is 5.56. The average molecular weight is 152 g/mol. The molecule has 0 aliphatic rings. The lowest BCUT2D eigenvalue weighted by molar-refractivity contribution is 0.864. The van der Waals surface area contributed by atoms with Crippen LogP contribution in [0.5, 0.6) is 0 Å².